The van der Waals surface area contributed by atoms with Crippen molar-refractivity contribution in [2.24, 2.45) is 11.8 Å². The van der Waals surface area contributed by atoms with Gasteiger partial charge >= 0.3 is 0 Å². The number of hydrogen-bond acceptors (Lipinski definition) is 4. The molecule has 1 amide bonds. The van der Waals surface area contributed by atoms with Crippen molar-refractivity contribution in [1.82, 2.24) is 14.5 Å². The number of sulfonamides is 1. The smallest absolute Gasteiger partial charge is 0.253 e. The standard InChI is InChI=1S/C19H29N3O3S.ClH/c1-15-12-16(2)14-22(13-15)26(24,25)18-6-4-17(5-7-18)19(23)21-10-3-8-20-9-11-21;/h4-7,15-16,20H,3,8-14H2,1-2H3;1H. The second-order valence-electron chi connectivity index (χ2n) is 7.69. The van der Waals surface area contributed by atoms with Gasteiger partial charge < -0.3 is 10.2 Å². The van der Waals surface area contributed by atoms with Gasteiger partial charge in [-0.15, -0.1) is 12.4 Å². The average Bonchev–Trinajstić information content (AvgIpc) is 2.90. The summed E-state index contributed by atoms with van der Waals surface area (Å²) in [6.45, 7) is 8.45. The van der Waals surface area contributed by atoms with E-state index in [1.807, 2.05) is 4.90 Å². The molecule has 0 radical (unpaired) electrons. The van der Waals surface area contributed by atoms with Crippen molar-refractivity contribution in [2.45, 2.75) is 31.6 Å². The molecule has 0 aromatic heterocycles. The van der Waals surface area contributed by atoms with Crippen LogP contribution in [0.5, 0.6) is 0 Å². The van der Waals surface area contributed by atoms with Crippen molar-refractivity contribution in [1.29, 1.82) is 0 Å². The molecule has 0 saturated carbocycles. The number of benzene rings is 1. The molecule has 8 heteroatoms. The quantitative estimate of drug-likeness (QED) is 0.821. The zero-order valence-electron chi connectivity index (χ0n) is 16.1. The molecule has 2 heterocycles. The Morgan fingerprint density at radius 1 is 1.04 bits per heavy atom. The summed E-state index contributed by atoms with van der Waals surface area (Å²) >= 11 is 0. The zero-order chi connectivity index (χ0) is 18.7. The highest BCUT2D eigenvalue weighted by Crippen LogP contribution is 2.26. The van der Waals surface area contributed by atoms with Gasteiger partial charge in [-0.05, 0) is 55.5 Å². The largest absolute Gasteiger partial charge is 0.337 e. The van der Waals surface area contributed by atoms with Gasteiger partial charge in [-0.2, -0.15) is 4.31 Å². The predicted molar refractivity (Wildman–Crippen MR) is 109 cm³/mol. The van der Waals surface area contributed by atoms with Crippen LogP contribution in [0, 0.1) is 11.8 Å². The maximum atomic E-state index is 12.9. The topological polar surface area (TPSA) is 69.7 Å². The molecule has 0 bridgehead atoms. The van der Waals surface area contributed by atoms with Crippen LogP contribution in [-0.4, -0.2) is 62.8 Å². The number of carbonyl (C=O) groups is 1. The summed E-state index contributed by atoms with van der Waals surface area (Å²) in [5, 5.41) is 3.28. The summed E-state index contributed by atoms with van der Waals surface area (Å²) in [4.78, 5) is 14.7. The third-order valence-electron chi connectivity index (χ3n) is 5.20. The molecule has 2 fully saturated rings. The van der Waals surface area contributed by atoms with Gasteiger partial charge in [-0.3, -0.25) is 4.79 Å². The molecule has 1 aromatic rings. The SMILES string of the molecule is CC1CC(C)CN(S(=O)(=O)c2ccc(C(=O)N3CCCNCC3)cc2)C1.Cl. The third-order valence-corrected chi connectivity index (χ3v) is 7.05. The van der Waals surface area contributed by atoms with Crippen molar-refractivity contribution in [3.05, 3.63) is 29.8 Å². The minimum Gasteiger partial charge on any atom is -0.337 e. The van der Waals surface area contributed by atoms with Gasteiger partial charge in [-0.1, -0.05) is 13.8 Å². The van der Waals surface area contributed by atoms with Gasteiger partial charge in [0.15, 0.2) is 0 Å². The van der Waals surface area contributed by atoms with Gasteiger partial charge in [0.25, 0.3) is 5.91 Å². The molecule has 1 aromatic carbocycles. The fourth-order valence-corrected chi connectivity index (χ4v) is 5.63. The molecule has 1 N–H and O–H groups in total. The maximum absolute atomic E-state index is 12.9. The van der Waals surface area contributed by atoms with E-state index in [9.17, 15) is 13.2 Å². The molecule has 27 heavy (non-hydrogen) atoms. The lowest BCUT2D eigenvalue weighted by Gasteiger charge is -2.34. The van der Waals surface area contributed by atoms with Gasteiger partial charge in [0.05, 0.1) is 4.90 Å². The van der Waals surface area contributed by atoms with E-state index in [0.717, 1.165) is 32.5 Å². The lowest BCUT2D eigenvalue weighted by Crippen LogP contribution is -2.42. The predicted octanol–water partition coefficient (Wildman–Crippen LogP) is 2.21. The fourth-order valence-electron chi connectivity index (χ4n) is 3.95. The summed E-state index contributed by atoms with van der Waals surface area (Å²) in [6, 6.07) is 6.43. The number of halogens is 1. The molecule has 6 nitrogen and oxygen atoms in total. The lowest BCUT2D eigenvalue weighted by atomic mass is 9.94. The van der Waals surface area contributed by atoms with E-state index in [4.69, 9.17) is 0 Å². The highest BCUT2D eigenvalue weighted by molar-refractivity contribution is 7.89. The van der Waals surface area contributed by atoms with Crippen molar-refractivity contribution in [2.75, 3.05) is 39.3 Å². The van der Waals surface area contributed by atoms with Crippen LogP contribution in [0.25, 0.3) is 0 Å². The van der Waals surface area contributed by atoms with Crippen molar-refractivity contribution in [3.63, 3.8) is 0 Å². The first-order valence-corrected chi connectivity index (χ1v) is 10.9. The van der Waals surface area contributed by atoms with E-state index in [1.54, 1.807) is 28.6 Å². The summed E-state index contributed by atoms with van der Waals surface area (Å²) in [5.41, 5.74) is 0.547. The molecular weight excluding hydrogens is 386 g/mol. The Hall–Kier alpha value is -1.15. The highest BCUT2D eigenvalue weighted by Gasteiger charge is 2.31. The minimum absolute atomic E-state index is 0. The van der Waals surface area contributed by atoms with Crippen LogP contribution in [-0.2, 0) is 10.0 Å². The van der Waals surface area contributed by atoms with Crippen LogP contribution in [0.3, 0.4) is 0 Å². The summed E-state index contributed by atoms with van der Waals surface area (Å²) in [6.07, 6.45) is 1.99. The second kappa shape index (κ2) is 9.37. The van der Waals surface area contributed by atoms with E-state index < -0.39 is 10.0 Å². The van der Waals surface area contributed by atoms with Crippen LogP contribution in [0.15, 0.2) is 29.2 Å². The molecule has 0 aliphatic carbocycles. The molecule has 2 aliphatic rings. The fraction of sp³-hybridized carbons (Fsp3) is 0.632. The number of nitrogens with zero attached hydrogens (tertiary/aromatic N) is 2. The average molecular weight is 416 g/mol. The number of carbonyl (C=O) groups excluding carboxylic acids is 1. The lowest BCUT2D eigenvalue weighted by molar-refractivity contribution is 0.0766. The maximum Gasteiger partial charge on any atom is 0.253 e. The van der Waals surface area contributed by atoms with Crippen LogP contribution < -0.4 is 5.32 Å². The molecule has 2 unspecified atom stereocenters. The summed E-state index contributed by atoms with van der Waals surface area (Å²) < 4.78 is 27.4. The van der Waals surface area contributed by atoms with Crippen molar-refractivity contribution >= 4 is 28.3 Å². The van der Waals surface area contributed by atoms with Crippen LogP contribution in [0.1, 0.15) is 37.0 Å². The first-order valence-electron chi connectivity index (χ1n) is 9.48. The first-order chi connectivity index (χ1) is 12.4. The van der Waals surface area contributed by atoms with Gasteiger partial charge in [0.2, 0.25) is 10.0 Å². The Morgan fingerprint density at radius 2 is 1.67 bits per heavy atom. The monoisotopic (exact) mass is 415 g/mol. The third kappa shape index (κ3) is 5.22. The number of hydrogen-bond donors (Lipinski definition) is 1. The molecule has 152 valence electrons. The van der Waals surface area contributed by atoms with E-state index in [1.165, 1.54) is 0 Å². The van der Waals surface area contributed by atoms with E-state index in [0.29, 0.717) is 37.0 Å². The van der Waals surface area contributed by atoms with Gasteiger partial charge in [-0.25, -0.2) is 8.42 Å². The van der Waals surface area contributed by atoms with Crippen LogP contribution in [0.4, 0.5) is 0 Å². The Morgan fingerprint density at radius 3 is 2.30 bits per heavy atom. The normalized spacial score (nSPS) is 24.7. The Kier molecular flexibility index (Phi) is 7.68. The number of amides is 1. The van der Waals surface area contributed by atoms with Gasteiger partial charge in [0.1, 0.15) is 0 Å². The number of rotatable bonds is 3. The highest BCUT2D eigenvalue weighted by atomic mass is 35.5. The van der Waals surface area contributed by atoms with Gasteiger partial charge in [0, 0.05) is 38.3 Å². The molecule has 3 rings (SSSR count). The molecule has 2 atom stereocenters. The Labute approximate surface area is 168 Å². The summed E-state index contributed by atoms with van der Waals surface area (Å²) in [5.74, 6) is 0.704. The van der Waals surface area contributed by atoms with Crippen LogP contribution >= 0.6 is 12.4 Å². The van der Waals surface area contributed by atoms with Crippen LogP contribution in [0.2, 0.25) is 0 Å². The second-order valence-corrected chi connectivity index (χ2v) is 9.63. The van der Waals surface area contributed by atoms with Crippen molar-refractivity contribution in [3.8, 4) is 0 Å². The van der Waals surface area contributed by atoms with E-state index in [-0.39, 0.29) is 23.2 Å². The zero-order valence-corrected chi connectivity index (χ0v) is 17.7. The number of nitrogens with one attached hydrogen (secondary N) is 1. The molecule has 2 saturated heterocycles. The van der Waals surface area contributed by atoms with E-state index >= 15 is 0 Å². The number of piperidine rings is 1. The van der Waals surface area contributed by atoms with E-state index in [2.05, 4.69) is 19.2 Å². The first kappa shape index (κ1) is 22.1. The molecule has 2 aliphatic heterocycles. The minimum atomic E-state index is -3.50. The Bertz CT molecular complexity index is 721. The molecular formula is C19H30ClN3O3S. The summed E-state index contributed by atoms with van der Waals surface area (Å²) in [7, 11) is -3.50. The van der Waals surface area contributed by atoms with Crippen molar-refractivity contribution < 1.29 is 13.2 Å². The Balaban J connectivity index is 0.00000261. The molecule has 0 spiro atoms.